The number of carbonyl (C=O) groups excluding carboxylic acids is 1. The van der Waals surface area contributed by atoms with Crippen molar-refractivity contribution in [1.29, 1.82) is 0 Å². The summed E-state index contributed by atoms with van der Waals surface area (Å²) < 4.78 is 368. The second-order valence-electron chi connectivity index (χ2n) is 11.7. The lowest BCUT2D eigenvalue weighted by Gasteiger charge is -2.39. The molecule has 60 heavy (non-hydrogen) atoms. The van der Waals surface area contributed by atoms with E-state index in [4.69, 9.17) is 0 Å². The van der Waals surface area contributed by atoms with E-state index < -0.39 is 144 Å². The van der Waals surface area contributed by atoms with Crippen molar-refractivity contribution in [3.63, 3.8) is 0 Å². The molecule has 32 heteroatoms. The van der Waals surface area contributed by atoms with Crippen LogP contribution in [0.3, 0.4) is 0 Å². The van der Waals surface area contributed by atoms with E-state index in [1.807, 2.05) is 0 Å². The van der Waals surface area contributed by atoms with Crippen LogP contribution in [-0.4, -0.2) is 97.4 Å². The zero-order valence-electron chi connectivity index (χ0n) is 28.0. The van der Waals surface area contributed by atoms with Gasteiger partial charge in [0.1, 0.15) is 5.56 Å². The Morgan fingerprint density at radius 2 is 0.900 bits per heavy atom. The molecule has 2 aromatic rings. The third kappa shape index (κ3) is 8.09. The summed E-state index contributed by atoms with van der Waals surface area (Å²) in [4.78, 5) is 24.4. The summed E-state index contributed by atoms with van der Waals surface area (Å²) in [5.74, 6) is -83.8. The summed E-state index contributed by atoms with van der Waals surface area (Å²) in [5.41, 5.74) is -4.39. The Labute approximate surface area is 312 Å². The molecule has 1 heterocycles. The molecular weight excluding hydrogens is 926 g/mol. The maximum Gasteiger partial charge on any atom is 0.460 e. The van der Waals surface area contributed by atoms with Crippen molar-refractivity contribution in [2.24, 2.45) is 0 Å². The maximum absolute atomic E-state index is 14.4. The molecular formula is C28H16F26O6. The SMILES string of the molecule is CCOC(=O)c1cc2ccc(OCCC(F)(F)C(F)(F)C(F)(F)C(F)(F)C(F)(F)C(F)(F)F)c(OCCC(F)(F)C(F)(F)C(F)(F)C(F)(F)C(F)(F)C(F)(F)F)c2oc1=O. The Balaban J connectivity index is 2.61. The van der Waals surface area contributed by atoms with Gasteiger partial charge in [-0.2, -0.15) is 114 Å². The fourth-order valence-electron chi connectivity index (χ4n) is 4.23. The Bertz CT molecular complexity index is 1930. The molecule has 0 atom stereocenters. The fourth-order valence-corrected chi connectivity index (χ4v) is 4.23. The molecule has 0 fully saturated rings. The lowest BCUT2D eigenvalue weighted by atomic mass is 9.93. The first-order valence-corrected chi connectivity index (χ1v) is 14.9. The van der Waals surface area contributed by atoms with Crippen molar-refractivity contribution >= 4 is 16.9 Å². The molecule has 0 saturated heterocycles. The summed E-state index contributed by atoms with van der Waals surface area (Å²) in [6.45, 7) is -4.15. The number of carbonyl (C=O) groups is 1. The zero-order chi connectivity index (χ0) is 47.5. The van der Waals surface area contributed by atoms with Crippen molar-refractivity contribution in [2.75, 3.05) is 19.8 Å². The highest BCUT2D eigenvalue weighted by Gasteiger charge is 2.92. The number of hydrogen-bond acceptors (Lipinski definition) is 6. The smallest absolute Gasteiger partial charge is 0.460 e. The van der Waals surface area contributed by atoms with E-state index >= 15 is 0 Å². The molecule has 0 saturated carbocycles. The van der Waals surface area contributed by atoms with Gasteiger partial charge in [-0.25, -0.2) is 9.59 Å². The highest BCUT2D eigenvalue weighted by molar-refractivity contribution is 5.94. The molecule has 346 valence electrons. The van der Waals surface area contributed by atoms with Crippen LogP contribution in [0.2, 0.25) is 0 Å². The predicted molar refractivity (Wildman–Crippen MR) is 140 cm³/mol. The number of fused-ring (bicyclic) bond motifs is 1. The number of halogens is 26. The molecule has 1 aromatic heterocycles. The highest BCUT2D eigenvalue weighted by atomic mass is 19.4. The van der Waals surface area contributed by atoms with Crippen molar-refractivity contribution in [1.82, 2.24) is 0 Å². The summed E-state index contributed by atoms with van der Waals surface area (Å²) in [6, 6.07) is 1.09. The largest absolute Gasteiger partial charge is 0.489 e. The van der Waals surface area contributed by atoms with Gasteiger partial charge in [0.05, 0.1) is 32.7 Å². The molecule has 0 N–H and O–H groups in total. The van der Waals surface area contributed by atoms with E-state index in [9.17, 15) is 124 Å². The van der Waals surface area contributed by atoms with Crippen molar-refractivity contribution < 1.29 is 138 Å². The number of hydrogen-bond donors (Lipinski definition) is 0. The molecule has 0 aliphatic carbocycles. The third-order valence-corrected chi connectivity index (χ3v) is 7.65. The van der Waals surface area contributed by atoms with Crippen LogP contribution in [0.4, 0.5) is 114 Å². The van der Waals surface area contributed by atoms with Gasteiger partial charge in [-0.05, 0) is 25.1 Å². The van der Waals surface area contributed by atoms with Crippen LogP contribution < -0.4 is 15.1 Å². The summed E-state index contributed by atoms with van der Waals surface area (Å²) >= 11 is 0. The van der Waals surface area contributed by atoms with Crippen LogP contribution in [0, 0.1) is 0 Å². The van der Waals surface area contributed by atoms with Crippen molar-refractivity contribution in [2.45, 2.75) is 91.3 Å². The minimum Gasteiger partial charge on any atom is -0.489 e. The quantitative estimate of drug-likeness (QED) is 0.0842. The Morgan fingerprint density at radius 3 is 1.27 bits per heavy atom. The zero-order valence-corrected chi connectivity index (χ0v) is 28.0. The van der Waals surface area contributed by atoms with Gasteiger partial charge in [-0.3, -0.25) is 0 Å². The van der Waals surface area contributed by atoms with E-state index in [1.165, 1.54) is 0 Å². The van der Waals surface area contributed by atoms with E-state index in [0.717, 1.165) is 6.92 Å². The molecule has 1 aromatic carbocycles. The van der Waals surface area contributed by atoms with Gasteiger partial charge in [0, 0.05) is 5.39 Å². The van der Waals surface area contributed by atoms with E-state index in [1.54, 1.807) is 0 Å². The molecule has 0 aliphatic rings. The Kier molecular flexibility index (Phi) is 13.4. The second-order valence-corrected chi connectivity index (χ2v) is 11.7. The molecule has 0 amide bonds. The lowest BCUT2D eigenvalue weighted by Crippen LogP contribution is -2.70. The van der Waals surface area contributed by atoms with Gasteiger partial charge in [-0.15, -0.1) is 0 Å². The van der Waals surface area contributed by atoms with Crippen LogP contribution in [0.15, 0.2) is 27.4 Å². The van der Waals surface area contributed by atoms with Crippen molar-refractivity contribution in [3.8, 4) is 11.5 Å². The monoisotopic (exact) mass is 942 g/mol. The lowest BCUT2D eigenvalue weighted by molar-refractivity contribution is -0.440. The average Bonchev–Trinajstić information content (AvgIpc) is 3.06. The summed E-state index contributed by atoms with van der Waals surface area (Å²) in [6.07, 6.45) is -21.9. The number of rotatable bonds is 18. The molecule has 6 nitrogen and oxygen atoms in total. The third-order valence-electron chi connectivity index (χ3n) is 7.65. The number of esters is 1. The number of alkyl halides is 26. The number of benzene rings is 1. The maximum atomic E-state index is 14.4. The molecule has 0 spiro atoms. The second kappa shape index (κ2) is 15.5. The minimum atomic E-state index is -8.35. The van der Waals surface area contributed by atoms with Gasteiger partial charge < -0.3 is 18.6 Å². The molecule has 0 radical (unpaired) electrons. The number of ether oxygens (including phenoxy) is 3. The van der Waals surface area contributed by atoms with Crippen LogP contribution in [0.1, 0.15) is 30.1 Å². The molecule has 0 bridgehead atoms. The summed E-state index contributed by atoms with van der Waals surface area (Å²) in [5, 5.41) is -0.790. The van der Waals surface area contributed by atoms with E-state index in [2.05, 4.69) is 18.6 Å². The Morgan fingerprint density at radius 1 is 0.533 bits per heavy atom. The molecule has 2 rings (SSSR count). The standard InChI is InChI=1S/C28H16F26O6/c1-2-57-15(55)11-9-10-3-4-12(58-7-5-17(29,30)19(33,34)21(37,38)23(41,42)25(45,46)27(49,50)51)14(13(10)60-16(11)56)59-8-6-18(31,32)20(35,36)22(39,40)24(43,44)26(47,48)28(52,53)54/h3-4,9H,2,5-8H2,1H3. The fraction of sp³-hybridized carbons (Fsp3) is 0.643. The first-order valence-electron chi connectivity index (χ1n) is 14.9. The van der Waals surface area contributed by atoms with Gasteiger partial charge in [0.15, 0.2) is 11.3 Å². The van der Waals surface area contributed by atoms with Crippen LogP contribution >= 0.6 is 0 Å². The Hall–Kier alpha value is -4.32. The van der Waals surface area contributed by atoms with Crippen LogP contribution in [-0.2, 0) is 4.74 Å². The molecule has 0 unspecified atom stereocenters. The normalized spacial score (nSPS) is 15.1. The topological polar surface area (TPSA) is 75.0 Å². The van der Waals surface area contributed by atoms with Gasteiger partial charge in [-0.1, -0.05) is 0 Å². The molecule has 0 aliphatic heterocycles. The minimum absolute atomic E-state index is 0.205. The van der Waals surface area contributed by atoms with Crippen molar-refractivity contribution in [3.05, 3.63) is 34.2 Å². The van der Waals surface area contributed by atoms with Gasteiger partial charge in [0.25, 0.3) is 0 Å². The van der Waals surface area contributed by atoms with Gasteiger partial charge >= 0.3 is 83.2 Å². The predicted octanol–water partition coefficient (Wildman–Crippen LogP) is 11.0. The highest BCUT2D eigenvalue weighted by Crippen LogP contribution is 2.62. The van der Waals surface area contributed by atoms with E-state index in [-0.39, 0.29) is 6.07 Å². The first kappa shape index (κ1) is 51.8. The first-order chi connectivity index (χ1) is 26.4. The summed E-state index contributed by atoms with van der Waals surface area (Å²) in [7, 11) is 0. The average molecular weight is 942 g/mol. The van der Waals surface area contributed by atoms with Gasteiger partial charge in [0.2, 0.25) is 5.75 Å². The van der Waals surface area contributed by atoms with Crippen LogP contribution in [0.25, 0.3) is 11.0 Å². The van der Waals surface area contributed by atoms with E-state index in [0.29, 0.717) is 12.1 Å². The van der Waals surface area contributed by atoms with Crippen LogP contribution in [0.5, 0.6) is 11.5 Å².